The number of carbonyl (C=O) groups is 1. The maximum absolute atomic E-state index is 13.8. The van der Waals surface area contributed by atoms with E-state index in [1.165, 1.54) is 6.07 Å². The summed E-state index contributed by atoms with van der Waals surface area (Å²) in [6.07, 6.45) is 3.98. The number of rotatable bonds is 5. The molecule has 2 bridgehead atoms. The summed E-state index contributed by atoms with van der Waals surface area (Å²) in [4.78, 5) is 23.4. The molecular formula is C23H25FN4O. The number of piperidine rings is 1. The third-order valence-electron chi connectivity index (χ3n) is 6.44. The van der Waals surface area contributed by atoms with Gasteiger partial charge in [0.05, 0.1) is 17.6 Å². The number of aromatic amines is 1. The molecule has 0 spiro atoms. The fraction of sp³-hybridized carbons (Fsp3) is 0.391. The summed E-state index contributed by atoms with van der Waals surface area (Å²) in [6, 6.07) is 15.5. The normalized spacial score (nSPS) is 24.1. The first kappa shape index (κ1) is 18.3. The molecule has 150 valence electrons. The van der Waals surface area contributed by atoms with Crippen LogP contribution in [0.3, 0.4) is 0 Å². The van der Waals surface area contributed by atoms with Gasteiger partial charge >= 0.3 is 0 Å². The van der Waals surface area contributed by atoms with Crippen LogP contribution in [0, 0.1) is 11.7 Å². The smallest absolute Gasteiger partial charge is 0.223 e. The minimum atomic E-state index is -0.270. The van der Waals surface area contributed by atoms with Gasteiger partial charge in [-0.1, -0.05) is 30.3 Å². The van der Waals surface area contributed by atoms with Gasteiger partial charge in [0.2, 0.25) is 5.91 Å². The van der Waals surface area contributed by atoms with Crippen molar-refractivity contribution in [3.63, 3.8) is 0 Å². The van der Waals surface area contributed by atoms with Crippen LogP contribution in [0.4, 0.5) is 4.39 Å². The standard InChI is InChI=1S/C23H25FN4O/c24-19-6-2-1-5-15(19)13-25-23(29)16-11-17-9-10-18(12-16)28(17)14-22-26-20-7-3-4-8-21(20)27-22/h1-8,16-18H,9-14H2,(H,25,29)(H,26,27)/t16-,17+,18-. The number of H-pyrrole nitrogens is 1. The van der Waals surface area contributed by atoms with E-state index in [0.29, 0.717) is 17.6 Å². The van der Waals surface area contributed by atoms with Gasteiger partial charge in [-0.25, -0.2) is 9.37 Å². The van der Waals surface area contributed by atoms with Crippen LogP contribution in [-0.2, 0) is 17.9 Å². The molecule has 3 heterocycles. The summed E-state index contributed by atoms with van der Waals surface area (Å²) in [5.41, 5.74) is 2.60. The molecule has 0 aliphatic carbocycles. The fourth-order valence-corrected chi connectivity index (χ4v) is 4.97. The Morgan fingerprint density at radius 3 is 2.59 bits per heavy atom. The van der Waals surface area contributed by atoms with Crippen molar-refractivity contribution in [1.82, 2.24) is 20.2 Å². The Balaban J connectivity index is 1.21. The minimum absolute atomic E-state index is 0.00574. The molecule has 0 unspecified atom stereocenters. The Kier molecular flexibility index (Phi) is 4.79. The van der Waals surface area contributed by atoms with Crippen LogP contribution in [0.2, 0.25) is 0 Å². The lowest BCUT2D eigenvalue weighted by atomic mass is 9.90. The van der Waals surface area contributed by atoms with Crippen LogP contribution in [0.1, 0.15) is 37.1 Å². The van der Waals surface area contributed by atoms with Crippen LogP contribution in [0.15, 0.2) is 48.5 Å². The summed E-state index contributed by atoms with van der Waals surface area (Å²) in [6.45, 7) is 1.05. The van der Waals surface area contributed by atoms with Crippen LogP contribution in [0.5, 0.6) is 0 Å². The first-order chi connectivity index (χ1) is 14.2. The van der Waals surface area contributed by atoms with Crippen molar-refractivity contribution in [2.45, 2.75) is 50.9 Å². The molecule has 5 nitrogen and oxygen atoms in total. The van der Waals surface area contributed by atoms with Crippen molar-refractivity contribution >= 4 is 16.9 Å². The zero-order chi connectivity index (χ0) is 19.8. The van der Waals surface area contributed by atoms with Crippen molar-refractivity contribution in [2.24, 2.45) is 5.92 Å². The Morgan fingerprint density at radius 2 is 1.83 bits per heavy atom. The second kappa shape index (κ2) is 7.59. The van der Waals surface area contributed by atoms with Crippen LogP contribution in [0.25, 0.3) is 11.0 Å². The molecule has 2 aromatic carbocycles. The van der Waals surface area contributed by atoms with E-state index in [2.05, 4.69) is 15.2 Å². The van der Waals surface area contributed by atoms with E-state index in [1.54, 1.807) is 18.2 Å². The van der Waals surface area contributed by atoms with Crippen molar-refractivity contribution in [2.75, 3.05) is 0 Å². The van der Waals surface area contributed by atoms with Gasteiger partial charge in [0, 0.05) is 30.1 Å². The topological polar surface area (TPSA) is 61.0 Å². The highest BCUT2D eigenvalue weighted by Crippen LogP contribution is 2.39. The molecule has 2 aliphatic heterocycles. The Morgan fingerprint density at radius 1 is 1.10 bits per heavy atom. The first-order valence-electron chi connectivity index (χ1n) is 10.4. The lowest BCUT2D eigenvalue weighted by Crippen LogP contribution is -2.46. The summed E-state index contributed by atoms with van der Waals surface area (Å²) in [5, 5.41) is 2.94. The second-order valence-electron chi connectivity index (χ2n) is 8.24. The van der Waals surface area contributed by atoms with Crippen molar-refractivity contribution in [3.05, 3.63) is 65.7 Å². The molecule has 5 rings (SSSR count). The summed E-state index contributed by atoms with van der Waals surface area (Å²) in [7, 11) is 0. The second-order valence-corrected chi connectivity index (χ2v) is 8.24. The highest BCUT2D eigenvalue weighted by atomic mass is 19.1. The average molecular weight is 392 g/mol. The van der Waals surface area contributed by atoms with E-state index >= 15 is 0 Å². The number of fused-ring (bicyclic) bond motifs is 3. The van der Waals surface area contributed by atoms with Gasteiger partial charge in [0.25, 0.3) is 0 Å². The molecular weight excluding hydrogens is 367 g/mol. The molecule has 3 aromatic rings. The molecule has 0 radical (unpaired) electrons. The maximum atomic E-state index is 13.8. The molecule has 1 amide bonds. The summed E-state index contributed by atoms with van der Waals surface area (Å²) in [5.74, 6) is 0.777. The van der Waals surface area contributed by atoms with Gasteiger partial charge in [-0.3, -0.25) is 9.69 Å². The number of hydrogen-bond donors (Lipinski definition) is 2. The van der Waals surface area contributed by atoms with E-state index in [9.17, 15) is 9.18 Å². The average Bonchev–Trinajstić information content (AvgIpc) is 3.23. The predicted octanol–water partition coefficient (Wildman–Crippen LogP) is 3.76. The van der Waals surface area contributed by atoms with E-state index in [1.807, 2.05) is 24.3 Å². The Labute approximate surface area is 169 Å². The monoisotopic (exact) mass is 392 g/mol. The number of imidazole rings is 1. The molecule has 0 saturated carbocycles. The number of para-hydroxylation sites is 2. The van der Waals surface area contributed by atoms with Gasteiger partial charge in [-0.05, 0) is 43.9 Å². The largest absolute Gasteiger partial charge is 0.352 e. The van der Waals surface area contributed by atoms with E-state index in [-0.39, 0.29) is 24.2 Å². The zero-order valence-corrected chi connectivity index (χ0v) is 16.3. The number of nitrogens with one attached hydrogen (secondary N) is 2. The van der Waals surface area contributed by atoms with Crippen LogP contribution in [-0.4, -0.2) is 32.9 Å². The SMILES string of the molecule is O=C(NCc1ccccc1F)[C@H]1C[C@H]2CC[C@@H](C1)N2Cc1nc2ccccc2[nH]1. The molecule has 2 aliphatic rings. The number of halogens is 1. The third kappa shape index (κ3) is 3.65. The number of carbonyl (C=O) groups excluding carboxylic acids is 1. The van der Waals surface area contributed by atoms with Crippen molar-refractivity contribution < 1.29 is 9.18 Å². The van der Waals surface area contributed by atoms with E-state index in [4.69, 9.17) is 4.98 Å². The number of nitrogens with zero attached hydrogens (tertiary/aromatic N) is 2. The fourth-order valence-electron chi connectivity index (χ4n) is 4.97. The van der Waals surface area contributed by atoms with Crippen molar-refractivity contribution in [1.29, 1.82) is 0 Å². The van der Waals surface area contributed by atoms with Gasteiger partial charge in [0.1, 0.15) is 11.6 Å². The van der Waals surface area contributed by atoms with Crippen molar-refractivity contribution in [3.8, 4) is 0 Å². The molecule has 2 fully saturated rings. The number of amides is 1. The summed E-state index contributed by atoms with van der Waals surface area (Å²) >= 11 is 0. The molecule has 6 heteroatoms. The minimum Gasteiger partial charge on any atom is -0.352 e. The lowest BCUT2D eigenvalue weighted by molar-refractivity contribution is -0.127. The van der Waals surface area contributed by atoms with E-state index < -0.39 is 0 Å². The van der Waals surface area contributed by atoms with Gasteiger partial charge in [-0.2, -0.15) is 0 Å². The van der Waals surface area contributed by atoms with Gasteiger partial charge in [-0.15, -0.1) is 0 Å². The quantitative estimate of drug-likeness (QED) is 0.695. The molecule has 2 saturated heterocycles. The summed E-state index contributed by atoms with van der Waals surface area (Å²) < 4.78 is 13.8. The van der Waals surface area contributed by atoms with Gasteiger partial charge in [0.15, 0.2) is 0 Å². The Hall–Kier alpha value is -2.73. The Bertz CT molecular complexity index is 985. The van der Waals surface area contributed by atoms with Crippen LogP contribution >= 0.6 is 0 Å². The highest BCUT2D eigenvalue weighted by Gasteiger charge is 2.43. The maximum Gasteiger partial charge on any atom is 0.223 e. The molecule has 29 heavy (non-hydrogen) atoms. The molecule has 3 atom stereocenters. The molecule has 1 aromatic heterocycles. The zero-order valence-electron chi connectivity index (χ0n) is 16.3. The van der Waals surface area contributed by atoms with Crippen LogP contribution < -0.4 is 5.32 Å². The van der Waals surface area contributed by atoms with Gasteiger partial charge < -0.3 is 10.3 Å². The first-order valence-corrected chi connectivity index (χ1v) is 10.4. The lowest BCUT2D eigenvalue weighted by Gasteiger charge is -2.37. The third-order valence-corrected chi connectivity index (χ3v) is 6.44. The number of hydrogen-bond acceptors (Lipinski definition) is 3. The van der Waals surface area contributed by atoms with E-state index in [0.717, 1.165) is 49.1 Å². The number of aromatic nitrogens is 2. The predicted molar refractivity (Wildman–Crippen MR) is 109 cm³/mol. The number of benzene rings is 2. The highest BCUT2D eigenvalue weighted by molar-refractivity contribution is 5.79. The molecule has 2 N–H and O–H groups in total.